The van der Waals surface area contributed by atoms with Gasteiger partial charge in [-0.2, -0.15) is 0 Å². The van der Waals surface area contributed by atoms with Gasteiger partial charge in [0.25, 0.3) is 0 Å². The Kier molecular flexibility index (Phi) is 4.71. The molecule has 1 atom stereocenters. The number of aromatic nitrogens is 1. The number of nitrogens with zero attached hydrogens (tertiary/aromatic N) is 1. The quantitative estimate of drug-likeness (QED) is 0.896. The number of amides is 2. The molecule has 0 aliphatic carbocycles. The lowest BCUT2D eigenvalue weighted by Crippen LogP contribution is -2.37. The normalized spacial score (nSPS) is 11.7. The lowest BCUT2D eigenvalue weighted by molar-refractivity contribution is 0.237. The molecule has 0 saturated carbocycles. The highest BCUT2D eigenvalue weighted by Gasteiger charge is 2.10. The summed E-state index contributed by atoms with van der Waals surface area (Å²) < 4.78 is 0. The molecule has 1 aromatic carbocycles. The van der Waals surface area contributed by atoms with Crippen molar-refractivity contribution in [2.45, 2.75) is 26.4 Å². The molecular weight excluding hydrogens is 250 g/mol. The third kappa shape index (κ3) is 3.82. The summed E-state index contributed by atoms with van der Waals surface area (Å²) in [6.07, 6.45) is 1.71. The molecule has 2 N–H and O–H groups in total. The molecule has 2 aromatic rings. The van der Waals surface area contributed by atoms with Crippen LogP contribution in [0.2, 0.25) is 0 Å². The zero-order valence-electron chi connectivity index (χ0n) is 11.8. The molecule has 1 aromatic heterocycles. The Morgan fingerprint density at radius 2 is 1.95 bits per heavy atom. The zero-order chi connectivity index (χ0) is 14.4. The summed E-state index contributed by atoms with van der Waals surface area (Å²) in [6.45, 7) is 4.44. The zero-order valence-corrected chi connectivity index (χ0v) is 11.8. The van der Waals surface area contributed by atoms with Crippen molar-refractivity contribution in [3.8, 4) is 0 Å². The maximum atomic E-state index is 11.9. The minimum atomic E-state index is -0.189. The van der Waals surface area contributed by atoms with Crippen LogP contribution >= 0.6 is 0 Å². The summed E-state index contributed by atoms with van der Waals surface area (Å²) in [5.74, 6) is 0. The molecule has 20 heavy (non-hydrogen) atoms. The average Bonchev–Trinajstić information content (AvgIpc) is 2.46. The van der Waals surface area contributed by atoms with Crippen LogP contribution in [-0.4, -0.2) is 11.0 Å². The molecule has 2 amide bonds. The lowest BCUT2D eigenvalue weighted by atomic mass is 10.0. The van der Waals surface area contributed by atoms with E-state index in [1.54, 1.807) is 6.20 Å². The Morgan fingerprint density at radius 1 is 1.20 bits per heavy atom. The van der Waals surface area contributed by atoms with E-state index in [0.717, 1.165) is 11.3 Å². The highest BCUT2D eigenvalue weighted by molar-refractivity contribution is 5.74. The molecule has 104 valence electrons. The molecule has 0 saturated heterocycles. The van der Waals surface area contributed by atoms with Crippen LogP contribution in [0, 0.1) is 6.92 Å². The second-order valence-electron chi connectivity index (χ2n) is 4.73. The molecule has 4 heteroatoms. The van der Waals surface area contributed by atoms with Crippen molar-refractivity contribution in [3.05, 3.63) is 65.5 Å². The van der Waals surface area contributed by atoms with Gasteiger partial charge in [-0.25, -0.2) is 4.79 Å². The van der Waals surface area contributed by atoms with Gasteiger partial charge in [0.15, 0.2) is 0 Å². The van der Waals surface area contributed by atoms with Crippen LogP contribution in [0.5, 0.6) is 0 Å². The fourth-order valence-corrected chi connectivity index (χ4v) is 2.07. The first-order valence-corrected chi connectivity index (χ1v) is 6.66. The first-order valence-electron chi connectivity index (χ1n) is 6.66. The molecule has 0 aliphatic heterocycles. The van der Waals surface area contributed by atoms with Gasteiger partial charge < -0.3 is 10.6 Å². The smallest absolute Gasteiger partial charge is 0.315 e. The van der Waals surface area contributed by atoms with Gasteiger partial charge in [0.1, 0.15) is 0 Å². The van der Waals surface area contributed by atoms with Crippen LogP contribution < -0.4 is 10.6 Å². The van der Waals surface area contributed by atoms with Gasteiger partial charge in [-0.3, -0.25) is 4.98 Å². The van der Waals surface area contributed by atoms with Gasteiger partial charge in [-0.1, -0.05) is 30.3 Å². The Morgan fingerprint density at radius 3 is 2.65 bits per heavy atom. The van der Waals surface area contributed by atoms with E-state index in [1.165, 1.54) is 5.56 Å². The third-order valence-electron chi connectivity index (χ3n) is 3.16. The Balaban J connectivity index is 1.87. The van der Waals surface area contributed by atoms with Crippen LogP contribution in [0.15, 0.2) is 48.7 Å². The first kappa shape index (κ1) is 14.1. The number of aryl methyl sites for hydroxylation is 1. The van der Waals surface area contributed by atoms with E-state index in [1.807, 2.05) is 56.3 Å². The van der Waals surface area contributed by atoms with E-state index < -0.39 is 0 Å². The number of nitrogens with one attached hydrogen (secondary N) is 2. The van der Waals surface area contributed by atoms with Gasteiger partial charge in [0.05, 0.1) is 18.3 Å². The van der Waals surface area contributed by atoms with E-state index in [9.17, 15) is 4.79 Å². The standard InChI is InChI=1S/C16H19N3O/c1-12-7-3-4-9-15(12)13(2)19-16(20)18-11-14-8-5-6-10-17-14/h3-10,13H,11H2,1-2H3,(H2,18,19,20). The van der Waals surface area contributed by atoms with Gasteiger partial charge >= 0.3 is 6.03 Å². The second kappa shape index (κ2) is 6.70. The Bertz CT molecular complexity index is 569. The number of urea groups is 1. The maximum Gasteiger partial charge on any atom is 0.315 e. The van der Waals surface area contributed by atoms with E-state index in [-0.39, 0.29) is 12.1 Å². The largest absolute Gasteiger partial charge is 0.332 e. The van der Waals surface area contributed by atoms with E-state index in [0.29, 0.717) is 6.54 Å². The van der Waals surface area contributed by atoms with E-state index in [4.69, 9.17) is 0 Å². The SMILES string of the molecule is Cc1ccccc1C(C)NC(=O)NCc1ccccn1. The van der Waals surface area contributed by atoms with Crippen LogP contribution in [0.3, 0.4) is 0 Å². The summed E-state index contributed by atoms with van der Waals surface area (Å²) in [4.78, 5) is 16.0. The van der Waals surface area contributed by atoms with Crippen molar-refractivity contribution in [2.24, 2.45) is 0 Å². The number of carbonyl (C=O) groups excluding carboxylic acids is 1. The highest BCUT2D eigenvalue weighted by Crippen LogP contribution is 2.16. The number of carbonyl (C=O) groups is 1. The molecule has 0 bridgehead atoms. The minimum absolute atomic E-state index is 0.0278. The Hall–Kier alpha value is -2.36. The molecule has 0 aliphatic rings. The van der Waals surface area contributed by atoms with Gasteiger partial charge in [-0.15, -0.1) is 0 Å². The van der Waals surface area contributed by atoms with Crippen molar-refractivity contribution < 1.29 is 4.79 Å². The second-order valence-corrected chi connectivity index (χ2v) is 4.73. The fourth-order valence-electron chi connectivity index (χ4n) is 2.07. The predicted molar refractivity (Wildman–Crippen MR) is 79.2 cm³/mol. The lowest BCUT2D eigenvalue weighted by Gasteiger charge is -2.17. The highest BCUT2D eigenvalue weighted by atomic mass is 16.2. The third-order valence-corrected chi connectivity index (χ3v) is 3.16. The first-order chi connectivity index (χ1) is 9.66. The number of benzene rings is 1. The van der Waals surface area contributed by atoms with Gasteiger partial charge in [0.2, 0.25) is 0 Å². The molecule has 0 fully saturated rings. The van der Waals surface area contributed by atoms with Crippen molar-refractivity contribution in [1.29, 1.82) is 0 Å². The van der Waals surface area contributed by atoms with Crippen molar-refractivity contribution >= 4 is 6.03 Å². The van der Waals surface area contributed by atoms with Gasteiger partial charge in [-0.05, 0) is 37.1 Å². The molecule has 1 unspecified atom stereocenters. The Labute approximate surface area is 119 Å². The number of rotatable bonds is 4. The summed E-state index contributed by atoms with van der Waals surface area (Å²) >= 11 is 0. The number of hydrogen-bond acceptors (Lipinski definition) is 2. The summed E-state index contributed by atoms with van der Waals surface area (Å²) in [5.41, 5.74) is 3.14. The maximum absolute atomic E-state index is 11.9. The summed E-state index contributed by atoms with van der Waals surface area (Å²) in [7, 11) is 0. The van der Waals surface area contributed by atoms with Crippen LogP contribution in [-0.2, 0) is 6.54 Å². The molecule has 2 rings (SSSR count). The fraction of sp³-hybridized carbons (Fsp3) is 0.250. The predicted octanol–water partition coefficient (Wildman–Crippen LogP) is 2.95. The summed E-state index contributed by atoms with van der Waals surface area (Å²) in [5, 5.41) is 5.74. The van der Waals surface area contributed by atoms with Gasteiger partial charge in [0, 0.05) is 6.20 Å². The molecule has 0 spiro atoms. The minimum Gasteiger partial charge on any atom is -0.332 e. The molecule has 4 nitrogen and oxygen atoms in total. The number of hydrogen-bond donors (Lipinski definition) is 2. The monoisotopic (exact) mass is 269 g/mol. The number of pyridine rings is 1. The molecule has 1 heterocycles. The molecular formula is C16H19N3O. The molecule has 0 radical (unpaired) electrons. The van der Waals surface area contributed by atoms with E-state index >= 15 is 0 Å². The van der Waals surface area contributed by atoms with Crippen LogP contribution in [0.4, 0.5) is 4.79 Å². The van der Waals surface area contributed by atoms with Crippen molar-refractivity contribution in [3.63, 3.8) is 0 Å². The van der Waals surface area contributed by atoms with Crippen LogP contribution in [0.1, 0.15) is 29.8 Å². The topological polar surface area (TPSA) is 54.0 Å². The summed E-state index contributed by atoms with van der Waals surface area (Å²) in [6, 6.07) is 13.5. The average molecular weight is 269 g/mol. The van der Waals surface area contributed by atoms with Crippen molar-refractivity contribution in [2.75, 3.05) is 0 Å². The van der Waals surface area contributed by atoms with E-state index in [2.05, 4.69) is 15.6 Å². The van der Waals surface area contributed by atoms with Crippen molar-refractivity contribution in [1.82, 2.24) is 15.6 Å². The van der Waals surface area contributed by atoms with Crippen LogP contribution in [0.25, 0.3) is 0 Å².